The van der Waals surface area contributed by atoms with Gasteiger partial charge in [-0.1, -0.05) is 24.3 Å². The molecule has 0 radical (unpaired) electrons. The minimum absolute atomic E-state index is 0.154. The molecular weight excluding hydrogens is 374 g/mol. The maximum atomic E-state index is 12.0. The number of para-hydroxylation sites is 2. The van der Waals surface area contributed by atoms with Gasteiger partial charge < -0.3 is 9.72 Å². The lowest BCUT2D eigenvalue weighted by atomic mass is 10.2. The molecule has 0 spiro atoms. The summed E-state index contributed by atoms with van der Waals surface area (Å²) in [5.74, 6) is 0.343. The first-order chi connectivity index (χ1) is 13.7. The number of thiazole rings is 1. The van der Waals surface area contributed by atoms with Gasteiger partial charge >= 0.3 is 5.97 Å². The number of fused-ring (bicyclic) bond motifs is 2. The Morgan fingerprint density at radius 3 is 2.64 bits per heavy atom. The Morgan fingerprint density at radius 1 is 1.00 bits per heavy atom. The van der Waals surface area contributed by atoms with Crippen molar-refractivity contribution in [3.8, 4) is 0 Å². The summed E-state index contributed by atoms with van der Waals surface area (Å²) in [4.78, 5) is 35.7. The Hall–Kier alpha value is -3.06. The fourth-order valence-corrected chi connectivity index (χ4v) is 3.95. The first-order valence-corrected chi connectivity index (χ1v) is 9.99. The molecule has 6 nitrogen and oxygen atoms in total. The van der Waals surface area contributed by atoms with Crippen molar-refractivity contribution in [3.63, 3.8) is 0 Å². The molecular formula is C21H19N3O3S. The van der Waals surface area contributed by atoms with E-state index in [0.29, 0.717) is 42.6 Å². The van der Waals surface area contributed by atoms with Crippen LogP contribution < -0.4 is 5.56 Å². The fourth-order valence-electron chi connectivity index (χ4n) is 3.00. The van der Waals surface area contributed by atoms with Crippen molar-refractivity contribution < 1.29 is 9.53 Å². The maximum Gasteiger partial charge on any atom is 0.305 e. The zero-order valence-electron chi connectivity index (χ0n) is 15.2. The zero-order chi connectivity index (χ0) is 19.3. The molecule has 0 aliphatic carbocycles. The molecule has 28 heavy (non-hydrogen) atoms. The first-order valence-electron chi connectivity index (χ1n) is 9.17. The Morgan fingerprint density at radius 2 is 1.79 bits per heavy atom. The van der Waals surface area contributed by atoms with E-state index in [1.54, 1.807) is 17.4 Å². The number of nitrogens with one attached hydrogen (secondary N) is 1. The minimum atomic E-state index is -0.246. The molecule has 0 aliphatic heterocycles. The van der Waals surface area contributed by atoms with Crippen molar-refractivity contribution in [1.29, 1.82) is 0 Å². The number of aromatic amines is 1. The molecule has 2 aromatic heterocycles. The number of aryl methyl sites for hydroxylation is 1. The van der Waals surface area contributed by atoms with Gasteiger partial charge in [-0.05, 0) is 30.7 Å². The van der Waals surface area contributed by atoms with Gasteiger partial charge in [0.05, 0.1) is 32.7 Å². The summed E-state index contributed by atoms with van der Waals surface area (Å²) in [5, 5.41) is 1.53. The van der Waals surface area contributed by atoms with E-state index >= 15 is 0 Å². The number of carbonyl (C=O) groups excluding carboxylic acids is 1. The Labute approximate surface area is 165 Å². The van der Waals surface area contributed by atoms with Gasteiger partial charge in [0.15, 0.2) is 0 Å². The monoisotopic (exact) mass is 393 g/mol. The van der Waals surface area contributed by atoms with Gasteiger partial charge in [0.2, 0.25) is 0 Å². The second-order valence-electron chi connectivity index (χ2n) is 6.43. The van der Waals surface area contributed by atoms with Crippen LogP contribution in [0.15, 0.2) is 53.3 Å². The van der Waals surface area contributed by atoms with E-state index in [0.717, 1.165) is 15.2 Å². The number of ether oxygens (including phenoxy) is 1. The van der Waals surface area contributed by atoms with Crippen LogP contribution in [0.5, 0.6) is 0 Å². The largest absolute Gasteiger partial charge is 0.465 e. The molecule has 4 rings (SSSR count). The van der Waals surface area contributed by atoms with Gasteiger partial charge in [0.1, 0.15) is 5.82 Å². The van der Waals surface area contributed by atoms with E-state index < -0.39 is 0 Å². The summed E-state index contributed by atoms with van der Waals surface area (Å²) < 4.78 is 6.45. The summed E-state index contributed by atoms with van der Waals surface area (Å²) in [5.41, 5.74) is 1.49. The topological polar surface area (TPSA) is 84.9 Å². The predicted molar refractivity (Wildman–Crippen MR) is 110 cm³/mol. The molecule has 7 heteroatoms. The van der Waals surface area contributed by atoms with Crippen LogP contribution in [0.2, 0.25) is 0 Å². The average molecular weight is 393 g/mol. The van der Waals surface area contributed by atoms with E-state index in [1.807, 2.05) is 42.5 Å². The van der Waals surface area contributed by atoms with Crippen molar-refractivity contribution in [2.45, 2.75) is 25.7 Å². The van der Waals surface area contributed by atoms with Crippen molar-refractivity contribution in [2.24, 2.45) is 0 Å². The fraction of sp³-hybridized carbons (Fsp3) is 0.238. The van der Waals surface area contributed by atoms with E-state index in [2.05, 4.69) is 15.0 Å². The molecule has 4 aromatic rings. The number of esters is 1. The standard InChI is InChI=1S/C21H19N3O3S/c25-20(27-13-12-19-23-16-8-3-4-9-17(16)28-19)11-5-10-18-22-15-7-2-1-6-14(15)21(26)24-18/h1-4,6-9H,5,10-13H2,(H,22,24,26). The number of hydrogen-bond acceptors (Lipinski definition) is 6. The third-order valence-electron chi connectivity index (χ3n) is 4.37. The van der Waals surface area contributed by atoms with Crippen LogP contribution in [0.3, 0.4) is 0 Å². The molecule has 0 unspecified atom stereocenters. The summed E-state index contributed by atoms with van der Waals surface area (Å²) in [6.45, 7) is 0.323. The number of nitrogens with zero attached hydrogens (tertiary/aromatic N) is 2. The summed E-state index contributed by atoms with van der Waals surface area (Å²) in [7, 11) is 0. The Bertz CT molecular complexity index is 1150. The SMILES string of the molecule is O=C(CCCc1nc2ccccc2c(=O)[nH]1)OCCc1nc2ccccc2s1. The first kappa shape index (κ1) is 18.3. The molecule has 0 saturated carbocycles. The Balaban J connectivity index is 1.24. The highest BCUT2D eigenvalue weighted by Gasteiger charge is 2.08. The van der Waals surface area contributed by atoms with Crippen molar-refractivity contribution in [3.05, 3.63) is 69.7 Å². The van der Waals surface area contributed by atoms with Gasteiger partial charge in [0.25, 0.3) is 5.56 Å². The number of aromatic nitrogens is 3. The number of hydrogen-bond donors (Lipinski definition) is 1. The summed E-state index contributed by atoms with van der Waals surface area (Å²) >= 11 is 1.62. The highest BCUT2D eigenvalue weighted by molar-refractivity contribution is 7.18. The van der Waals surface area contributed by atoms with Crippen LogP contribution >= 0.6 is 11.3 Å². The third-order valence-corrected chi connectivity index (χ3v) is 5.47. The number of carbonyl (C=O) groups is 1. The van der Waals surface area contributed by atoms with Crippen molar-refractivity contribution in [2.75, 3.05) is 6.61 Å². The molecule has 2 heterocycles. The van der Waals surface area contributed by atoms with Gasteiger partial charge in [-0.3, -0.25) is 9.59 Å². The summed E-state index contributed by atoms with van der Waals surface area (Å²) in [6.07, 6.45) is 2.00. The van der Waals surface area contributed by atoms with Crippen LogP contribution in [0.4, 0.5) is 0 Å². The molecule has 142 valence electrons. The van der Waals surface area contributed by atoms with Crippen LogP contribution in [-0.4, -0.2) is 27.5 Å². The quantitative estimate of drug-likeness (QED) is 0.485. The second-order valence-corrected chi connectivity index (χ2v) is 7.54. The number of benzene rings is 2. The molecule has 1 N–H and O–H groups in total. The van der Waals surface area contributed by atoms with E-state index in [1.165, 1.54) is 0 Å². The lowest BCUT2D eigenvalue weighted by Crippen LogP contribution is -2.13. The van der Waals surface area contributed by atoms with E-state index in [-0.39, 0.29) is 17.9 Å². The average Bonchev–Trinajstić information content (AvgIpc) is 3.11. The highest BCUT2D eigenvalue weighted by atomic mass is 32.1. The van der Waals surface area contributed by atoms with Crippen LogP contribution in [0, 0.1) is 0 Å². The molecule has 0 bridgehead atoms. The van der Waals surface area contributed by atoms with Crippen molar-refractivity contribution in [1.82, 2.24) is 15.0 Å². The summed E-state index contributed by atoms with van der Waals surface area (Å²) in [6, 6.07) is 15.2. The second kappa shape index (κ2) is 8.31. The van der Waals surface area contributed by atoms with Gasteiger partial charge in [-0.15, -0.1) is 11.3 Å². The van der Waals surface area contributed by atoms with E-state index in [9.17, 15) is 9.59 Å². The molecule has 2 aromatic carbocycles. The molecule has 0 fully saturated rings. The molecule has 0 saturated heterocycles. The number of rotatable bonds is 7. The molecule has 0 aliphatic rings. The lowest BCUT2D eigenvalue weighted by Gasteiger charge is -2.04. The lowest BCUT2D eigenvalue weighted by molar-refractivity contribution is -0.143. The highest BCUT2D eigenvalue weighted by Crippen LogP contribution is 2.21. The maximum absolute atomic E-state index is 12.0. The molecule has 0 amide bonds. The normalized spacial score (nSPS) is 11.1. The molecule has 0 atom stereocenters. The van der Waals surface area contributed by atoms with Gasteiger partial charge in [-0.2, -0.15) is 0 Å². The Kier molecular flexibility index (Phi) is 5.43. The zero-order valence-corrected chi connectivity index (χ0v) is 16.0. The third kappa shape index (κ3) is 4.26. The van der Waals surface area contributed by atoms with E-state index in [4.69, 9.17) is 4.74 Å². The van der Waals surface area contributed by atoms with Crippen LogP contribution in [0.25, 0.3) is 21.1 Å². The minimum Gasteiger partial charge on any atom is -0.465 e. The van der Waals surface area contributed by atoms with Crippen LogP contribution in [-0.2, 0) is 22.4 Å². The van der Waals surface area contributed by atoms with Crippen molar-refractivity contribution >= 4 is 38.4 Å². The van der Waals surface area contributed by atoms with Gasteiger partial charge in [0, 0.05) is 19.3 Å². The smallest absolute Gasteiger partial charge is 0.305 e. The number of H-pyrrole nitrogens is 1. The predicted octanol–water partition coefficient (Wildman–Crippen LogP) is 3.64. The van der Waals surface area contributed by atoms with Gasteiger partial charge in [-0.25, -0.2) is 9.97 Å². The van der Waals surface area contributed by atoms with Crippen LogP contribution in [0.1, 0.15) is 23.7 Å².